The van der Waals surface area contributed by atoms with Crippen LogP contribution in [0, 0.1) is 0 Å². The lowest BCUT2D eigenvalue weighted by Gasteiger charge is -2.15. The fraction of sp³-hybridized carbons (Fsp3) is 0.130. The number of anilines is 2. The predicted molar refractivity (Wildman–Crippen MR) is 120 cm³/mol. The Morgan fingerprint density at radius 1 is 0.742 bits per heavy atom. The fourth-order valence-electron chi connectivity index (χ4n) is 2.98. The molecule has 160 valence electrons. The number of methoxy groups -OCH3 is 3. The number of amides is 2. The maximum absolute atomic E-state index is 12.9. The van der Waals surface area contributed by atoms with Gasteiger partial charge >= 0.3 is 0 Å². The van der Waals surface area contributed by atoms with Crippen molar-refractivity contribution in [1.82, 2.24) is 0 Å². The Kier molecular flexibility index (Phi) is 6.99. The average molecular weight is 441 g/mol. The second-order valence-corrected chi connectivity index (χ2v) is 6.75. The van der Waals surface area contributed by atoms with Gasteiger partial charge in [0.2, 0.25) is 0 Å². The van der Waals surface area contributed by atoms with Crippen molar-refractivity contribution >= 4 is 34.8 Å². The van der Waals surface area contributed by atoms with Gasteiger partial charge in [0.1, 0.15) is 22.8 Å². The van der Waals surface area contributed by atoms with Crippen LogP contribution in [0.1, 0.15) is 20.7 Å². The third-order valence-electron chi connectivity index (χ3n) is 4.48. The zero-order valence-electron chi connectivity index (χ0n) is 17.2. The molecule has 3 aromatic carbocycles. The van der Waals surface area contributed by atoms with Crippen molar-refractivity contribution in [3.63, 3.8) is 0 Å². The number of hydrogen-bond acceptors (Lipinski definition) is 5. The molecule has 0 atom stereocenters. The first-order valence-electron chi connectivity index (χ1n) is 9.24. The minimum Gasteiger partial charge on any atom is -0.496 e. The van der Waals surface area contributed by atoms with Crippen molar-refractivity contribution in [2.75, 3.05) is 32.0 Å². The molecule has 2 N–H and O–H groups in total. The van der Waals surface area contributed by atoms with Gasteiger partial charge in [-0.2, -0.15) is 0 Å². The molecule has 7 nitrogen and oxygen atoms in total. The Balaban J connectivity index is 1.83. The number of halogens is 1. The Bertz CT molecular complexity index is 1090. The minimum absolute atomic E-state index is 0.266. The van der Waals surface area contributed by atoms with Gasteiger partial charge in [-0.25, -0.2) is 0 Å². The monoisotopic (exact) mass is 440 g/mol. The second-order valence-electron chi connectivity index (χ2n) is 6.34. The Labute approximate surface area is 184 Å². The van der Waals surface area contributed by atoms with Crippen molar-refractivity contribution in [2.24, 2.45) is 0 Å². The Hall–Kier alpha value is -3.71. The summed E-state index contributed by atoms with van der Waals surface area (Å²) in [5.41, 5.74) is 1.50. The van der Waals surface area contributed by atoms with Gasteiger partial charge in [0.15, 0.2) is 0 Å². The number of benzene rings is 3. The second kappa shape index (κ2) is 9.86. The average Bonchev–Trinajstić information content (AvgIpc) is 2.79. The zero-order valence-corrected chi connectivity index (χ0v) is 17.9. The first-order valence-corrected chi connectivity index (χ1v) is 9.62. The molecule has 0 saturated carbocycles. The van der Waals surface area contributed by atoms with Crippen LogP contribution < -0.4 is 24.8 Å². The summed E-state index contributed by atoms with van der Waals surface area (Å²) in [5.74, 6) is 0.341. The molecule has 3 rings (SSSR count). The van der Waals surface area contributed by atoms with Gasteiger partial charge in [-0.05, 0) is 36.4 Å². The molecule has 0 unspecified atom stereocenters. The maximum Gasteiger partial charge on any atom is 0.263 e. The maximum atomic E-state index is 12.9. The van der Waals surface area contributed by atoms with Gasteiger partial charge in [0.25, 0.3) is 11.8 Å². The summed E-state index contributed by atoms with van der Waals surface area (Å²) >= 11 is 6.09. The SMILES string of the molecule is COc1cc(NC(=O)c2c(OC)cccc2OC)ccc1NC(=O)c1ccccc1Cl. The van der Waals surface area contributed by atoms with Crippen molar-refractivity contribution in [1.29, 1.82) is 0 Å². The van der Waals surface area contributed by atoms with Gasteiger partial charge in [-0.1, -0.05) is 29.8 Å². The molecule has 0 aliphatic heterocycles. The lowest BCUT2D eigenvalue weighted by atomic mass is 10.1. The number of carbonyl (C=O) groups excluding carboxylic acids is 2. The van der Waals surface area contributed by atoms with Crippen LogP contribution in [-0.4, -0.2) is 33.1 Å². The van der Waals surface area contributed by atoms with E-state index in [1.165, 1.54) is 21.3 Å². The molecule has 31 heavy (non-hydrogen) atoms. The van der Waals surface area contributed by atoms with E-state index >= 15 is 0 Å². The van der Waals surface area contributed by atoms with Gasteiger partial charge in [0, 0.05) is 11.8 Å². The van der Waals surface area contributed by atoms with E-state index in [0.717, 1.165) is 0 Å². The van der Waals surface area contributed by atoms with Crippen molar-refractivity contribution < 1.29 is 23.8 Å². The molecule has 0 aliphatic rings. The summed E-state index contributed by atoms with van der Waals surface area (Å²) in [6.07, 6.45) is 0. The van der Waals surface area contributed by atoms with Crippen LogP contribution in [0.15, 0.2) is 60.7 Å². The summed E-state index contributed by atoms with van der Waals surface area (Å²) in [6, 6.07) is 16.7. The topological polar surface area (TPSA) is 85.9 Å². The van der Waals surface area contributed by atoms with Crippen molar-refractivity contribution in [2.45, 2.75) is 0 Å². The number of ether oxygens (including phenoxy) is 3. The van der Waals surface area contributed by atoms with Gasteiger partial charge in [0.05, 0.1) is 37.6 Å². The van der Waals surface area contributed by atoms with Crippen LogP contribution in [0.3, 0.4) is 0 Å². The van der Waals surface area contributed by atoms with Crippen LogP contribution in [0.4, 0.5) is 11.4 Å². The fourth-order valence-corrected chi connectivity index (χ4v) is 3.20. The molecule has 0 bridgehead atoms. The molecule has 8 heteroatoms. The number of rotatable bonds is 7. The number of nitrogens with one attached hydrogen (secondary N) is 2. The van der Waals surface area contributed by atoms with Gasteiger partial charge < -0.3 is 24.8 Å². The molecule has 0 saturated heterocycles. The minimum atomic E-state index is -0.413. The molecular weight excluding hydrogens is 420 g/mol. The number of hydrogen-bond donors (Lipinski definition) is 2. The molecule has 0 radical (unpaired) electrons. The summed E-state index contributed by atoms with van der Waals surface area (Å²) < 4.78 is 15.9. The highest BCUT2D eigenvalue weighted by molar-refractivity contribution is 6.34. The third kappa shape index (κ3) is 4.90. The first kappa shape index (κ1) is 22.0. The van der Waals surface area contributed by atoms with Gasteiger partial charge in [-0.3, -0.25) is 9.59 Å². The highest BCUT2D eigenvalue weighted by Gasteiger charge is 2.19. The smallest absolute Gasteiger partial charge is 0.263 e. The standard InChI is InChI=1S/C23H21ClN2O5/c1-29-18-9-6-10-19(30-2)21(18)23(28)25-14-11-12-17(20(13-14)31-3)26-22(27)15-7-4-5-8-16(15)24/h4-13H,1-3H3,(H,25,28)(H,26,27). The summed E-state index contributed by atoms with van der Waals surface area (Å²) in [4.78, 5) is 25.4. The highest BCUT2D eigenvalue weighted by atomic mass is 35.5. The molecule has 0 fully saturated rings. The third-order valence-corrected chi connectivity index (χ3v) is 4.81. The zero-order chi connectivity index (χ0) is 22.4. The first-order chi connectivity index (χ1) is 15.0. The predicted octanol–water partition coefficient (Wildman–Crippen LogP) is 4.87. The summed E-state index contributed by atoms with van der Waals surface area (Å²) in [7, 11) is 4.42. The van der Waals surface area contributed by atoms with Crippen LogP contribution in [0.25, 0.3) is 0 Å². The Morgan fingerprint density at radius 2 is 1.39 bits per heavy atom. The highest BCUT2D eigenvalue weighted by Crippen LogP contribution is 2.32. The van der Waals surface area contributed by atoms with Crippen LogP contribution in [0.2, 0.25) is 5.02 Å². The normalized spacial score (nSPS) is 10.2. The van der Waals surface area contributed by atoms with Crippen LogP contribution >= 0.6 is 11.6 Å². The van der Waals surface area contributed by atoms with E-state index in [1.54, 1.807) is 60.7 Å². The number of carbonyl (C=O) groups is 2. The lowest BCUT2D eigenvalue weighted by molar-refractivity contribution is 0.101. The van der Waals surface area contributed by atoms with Crippen LogP contribution in [-0.2, 0) is 0 Å². The van der Waals surface area contributed by atoms with Crippen molar-refractivity contribution in [3.05, 3.63) is 76.8 Å². The molecule has 2 amide bonds. The largest absolute Gasteiger partial charge is 0.496 e. The van der Waals surface area contributed by atoms with Crippen molar-refractivity contribution in [3.8, 4) is 17.2 Å². The lowest BCUT2D eigenvalue weighted by Crippen LogP contribution is -2.15. The summed E-state index contributed by atoms with van der Waals surface area (Å²) in [6.45, 7) is 0. The Morgan fingerprint density at radius 3 is 2.00 bits per heavy atom. The molecule has 0 heterocycles. The van der Waals surface area contributed by atoms with E-state index in [0.29, 0.717) is 39.2 Å². The molecular formula is C23H21ClN2O5. The molecule has 0 spiro atoms. The van der Waals surface area contributed by atoms with E-state index in [2.05, 4.69) is 10.6 Å². The van der Waals surface area contributed by atoms with Gasteiger partial charge in [-0.15, -0.1) is 0 Å². The van der Waals surface area contributed by atoms with E-state index in [4.69, 9.17) is 25.8 Å². The van der Waals surface area contributed by atoms with E-state index in [-0.39, 0.29) is 11.5 Å². The van der Waals surface area contributed by atoms with E-state index < -0.39 is 5.91 Å². The quantitative estimate of drug-likeness (QED) is 0.547. The summed E-state index contributed by atoms with van der Waals surface area (Å²) in [5, 5.41) is 5.90. The van der Waals surface area contributed by atoms with Crippen LogP contribution in [0.5, 0.6) is 17.2 Å². The van der Waals surface area contributed by atoms with E-state index in [1.807, 2.05) is 0 Å². The molecule has 3 aromatic rings. The molecule has 0 aromatic heterocycles. The molecule has 0 aliphatic carbocycles. The van der Waals surface area contributed by atoms with E-state index in [9.17, 15) is 9.59 Å².